The summed E-state index contributed by atoms with van der Waals surface area (Å²) in [5, 5.41) is 0. The number of rotatable bonds is 0. The van der Waals surface area contributed by atoms with Gasteiger partial charge >= 0.3 is 22.8 Å². The number of ether oxygens (including phenoxy) is 1. The molecule has 2 aromatic heterocycles. The third-order valence-corrected chi connectivity index (χ3v) is 8.50. The molecule has 0 spiro atoms. The van der Waals surface area contributed by atoms with Crippen molar-refractivity contribution in [2.45, 2.75) is 37.0 Å². The van der Waals surface area contributed by atoms with Gasteiger partial charge in [0.1, 0.15) is 0 Å². The maximum atomic E-state index is 13.0. The molecular formula is C18H20N6O5. The van der Waals surface area contributed by atoms with Gasteiger partial charge in [-0.2, -0.15) is 0 Å². The van der Waals surface area contributed by atoms with Crippen molar-refractivity contribution in [2.24, 2.45) is 24.9 Å². The molecule has 7 aliphatic rings. The van der Waals surface area contributed by atoms with Crippen molar-refractivity contribution in [3.63, 3.8) is 0 Å². The van der Waals surface area contributed by atoms with Crippen molar-refractivity contribution in [3.8, 4) is 0 Å². The Labute approximate surface area is 162 Å². The van der Waals surface area contributed by atoms with Crippen molar-refractivity contribution in [1.82, 2.24) is 27.9 Å². The van der Waals surface area contributed by atoms with Crippen molar-refractivity contribution >= 4 is 0 Å². The molecule has 0 N–H and O–H groups in total. The Morgan fingerprint density at radius 1 is 0.724 bits per heavy atom. The molecule has 0 amide bonds. The first kappa shape index (κ1) is 16.0. The first-order valence-electron chi connectivity index (χ1n) is 9.94. The highest BCUT2D eigenvalue weighted by Gasteiger charge is 2.78. The van der Waals surface area contributed by atoms with E-state index in [9.17, 15) is 19.2 Å². The topological polar surface area (TPSA) is 107 Å². The molecule has 9 rings (SSSR count). The number of hydrogen-bond donors (Lipinski definition) is 0. The maximum absolute atomic E-state index is 13.0. The van der Waals surface area contributed by atoms with Crippen LogP contribution in [0, 0.1) is 10.8 Å². The summed E-state index contributed by atoms with van der Waals surface area (Å²) >= 11 is 0. The van der Waals surface area contributed by atoms with E-state index in [1.807, 2.05) is 12.2 Å². The lowest BCUT2D eigenvalue weighted by Crippen LogP contribution is -2.72. The summed E-state index contributed by atoms with van der Waals surface area (Å²) in [5.74, 6) is 0. The van der Waals surface area contributed by atoms with Crippen LogP contribution in [0.2, 0.25) is 0 Å². The summed E-state index contributed by atoms with van der Waals surface area (Å²) < 4.78 is 14.7. The minimum Gasteiger partial charge on any atom is -0.380 e. The molecule has 6 atom stereocenters. The summed E-state index contributed by atoms with van der Waals surface area (Å²) in [6, 6.07) is -1.35. The van der Waals surface area contributed by atoms with Crippen molar-refractivity contribution in [1.29, 1.82) is 0 Å². The molecule has 11 nitrogen and oxygen atoms in total. The van der Waals surface area contributed by atoms with Gasteiger partial charge in [-0.05, 0) is 12.8 Å². The quantitative estimate of drug-likeness (QED) is 0.489. The smallest absolute Gasteiger partial charge is 0.347 e. The van der Waals surface area contributed by atoms with E-state index in [1.54, 1.807) is 18.7 Å². The molecule has 0 radical (unpaired) electrons. The third-order valence-electron chi connectivity index (χ3n) is 8.50. The number of hydrogen-bond acceptors (Lipinski definition) is 5. The molecule has 11 heteroatoms. The van der Waals surface area contributed by atoms with Gasteiger partial charge in [0, 0.05) is 14.1 Å². The lowest BCUT2D eigenvalue weighted by molar-refractivity contribution is -0.186. The second kappa shape index (κ2) is 4.35. The summed E-state index contributed by atoms with van der Waals surface area (Å²) in [6.45, 7) is 0.787. The monoisotopic (exact) mass is 400 g/mol. The molecule has 7 heterocycles. The van der Waals surface area contributed by atoms with Crippen LogP contribution >= 0.6 is 0 Å². The molecule has 3 unspecified atom stereocenters. The van der Waals surface area contributed by atoms with Crippen molar-refractivity contribution in [2.75, 3.05) is 13.2 Å². The van der Waals surface area contributed by atoms with Crippen LogP contribution in [0.25, 0.3) is 0 Å². The molecule has 1 saturated heterocycles. The molecular weight excluding hydrogens is 380 g/mol. The molecule has 0 aromatic carbocycles. The van der Waals surface area contributed by atoms with Gasteiger partial charge in [0.2, 0.25) is 0 Å². The Hall–Kier alpha value is -2.82. The van der Waals surface area contributed by atoms with E-state index in [2.05, 4.69) is 0 Å². The molecule has 4 bridgehead atoms. The first-order chi connectivity index (χ1) is 13.9. The molecule has 2 fully saturated rings. The summed E-state index contributed by atoms with van der Waals surface area (Å²) in [4.78, 5) is 51.9. The highest BCUT2D eigenvalue weighted by molar-refractivity contribution is 5.33. The highest BCUT2D eigenvalue weighted by atomic mass is 16.5. The molecule has 5 aliphatic heterocycles. The number of allylic oxidation sites excluding steroid dienone is 2. The maximum Gasteiger partial charge on any atom is 0.347 e. The van der Waals surface area contributed by atoms with Gasteiger partial charge < -0.3 is 4.74 Å². The SMILES string of the molecule is Cn1c(=O)n2n(c1=O)[C@H]1CCC2C23COC[C@]12C1C=C[C@H]3n2c(=O)n(C)c(=O)n21. The van der Waals surface area contributed by atoms with E-state index in [4.69, 9.17) is 4.74 Å². The number of aromatic nitrogens is 6. The fourth-order valence-electron chi connectivity index (χ4n) is 7.47. The van der Waals surface area contributed by atoms with E-state index < -0.39 is 22.9 Å². The summed E-state index contributed by atoms with van der Waals surface area (Å²) in [7, 11) is 3.00. The van der Waals surface area contributed by atoms with Crippen molar-refractivity contribution in [3.05, 3.63) is 54.1 Å². The van der Waals surface area contributed by atoms with Crippen LogP contribution in [-0.2, 0) is 18.8 Å². The average Bonchev–Trinajstić information content (AvgIpc) is 3.35. The van der Waals surface area contributed by atoms with E-state index in [1.165, 1.54) is 14.1 Å². The Balaban J connectivity index is 1.66. The minimum atomic E-state index is -0.551. The second-order valence-corrected chi connectivity index (χ2v) is 9.08. The zero-order valence-corrected chi connectivity index (χ0v) is 16.0. The second-order valence-electron chi connectivity index (χ2n) is 9.08. The average molecular weight is 400 g/mol. The van der Waals surface area contributed by atoms with Crippen LogP contribution in [0.3, 0.4) is 0 Å². The Kier molecular flexibility index (Phi) is 2.40. The van der Waals surface area contributed by atoms with Gasteiger partial charge in [0.05, 0.1) is 48.2 Å². The molecule has 29 heavy (non-hydrogen) atoms. The van der Waals surface area contributed by atoms with E-state index in [0.717, 1.165) is 22.0 Å². The van der Waals surface area contributed by atoms with Crippen molar-refractivity contribution < 1.29 is 4.74 Å². The lowest BCUT2D eigenvalue weighted by atomic mass is 9.44. The predicted molar refractivity (Wildman–Crippen MR) is 98.1 cm³/mol. The zero-order chi connectivity index (χ0) is 20.0. The molecule has 2 aliphatic carbocycles. The van der Waals surface area contributed by atoms with E-state index in [0.29, 0.717) is 13.2 Å². The van der Waals surface area contributed by atoms with Gasteiger partial charge in [-0.15, -0.1) is 0 Å². The molecule has 152 valence electrons. The van der Waals surface area contributed by atoms with Crippen LogP contribution in [0.5, 0.6) is 0 Å². The minimum absolute atomic E-state index is 0.273. The van der Waals surface area contributed by atoms with Gasteiger partial charge in [-0.25, -0.2) is 47.0 Å². The Bertz CT molecular complexity index is 1300. The zero-order valence-electron chi connectivity index (χ0n) is 16.0. The Morgan fingerprint density at radius 2 is 1.10 bits per heavy atom. The van der Waals surface area contributed by atoms with Gasteiger partial charge in [-0.1, -0.05) is 12.2 Å². The standard InChI is InChI=1S/C18H20N6O5/c1-19-13(25)21-9-3-4-10(22(21)14(19)26)18-8-29-7-17(9,18)11-5-6-12(18)24-16(28)20(2)15(27)23(11)24/h3-4,9-12H,5-8H2,1-2H3/t9-,10?,11?,12+,17?,18+/m1/s1. The van der Waals surface area contributed by atoms with E-state index >= 15 is 0 Å². The molecule has 2 aromatic rings. The first-order valence-corrected chi connectivity index (χ1v) is 9.94. The van der Waals surface area contributed by atoms with Gasteiger partial charge in [0.25, 0.3) is 0 Å². The number of fused-ring (bicyclic) bond motifs is 1. The largest absolute Gasteiger partial charge is 0.380 e. The lowest BCUT2D eigenvalue weighted by Gasteiger charge is -2.67. The van der Waals surface area contributed by atoms with Crippen LogP contribution in [0.4, 0.5) is 0 Å². The fraction of sp³-hybridized carbons (Fsp3) is 0.667. The normalized spacial score (nSPS) is 40.1. The highest BCUT2D eigenvalue weighted by Crippen LogP contribution is 2.75. The summed E-state index contributed by atoms with van der Waals surface area (Å²) in [6.07, 6.45) is 5.47. The predicted octanol–water partition coefficient (Wildman–Crippen LogP) is -1.73. The van der Waals surface area contributed by atoms with Crippen LogP contribution in [0.1, 0.15) is 37.0 Å². The fourth-order valence-corrected chi connectivity index (χ4v) is 7.47. The van der Waals surface area contributed by atoms with E-state index in [-0.39, 0.29) is 34.8 Å². The Morgan fingerprint density at radius 3 is 1.52 bits per heavy atom. The number of nitrogens with zero attached hydrogens (tertiary/aromatic N) is 6. The molecule has 1 saturated carbocycles. The van der Waals surface area contributed by atoms with Crippen LogP contribution in [0.15, 0.2) is 31.3 Å². The summed E-state index contributed by atoms with van der Waals surface area (Å²) in [5.41, 5.74) is -2.48. The van der Waals surface area contributed by atoms with Gasteiger partial charge in [0.15, 0.2) is 0 Å². The van der Waals surface area contributed by atoms with Crippen LogP contribution < -0.4 is 22.8 Å². The van der Waals surface area contributed by atoms with Gasteiger partial charge in [-0.3, -0.25) is 0 Å². The third kappa shape index (κ3) is 1.25. The van der Waals surface area contributed by atoms with Crippen LogP contribution in [-0.4, -0.2) is 41.1 Å².